The van der Waals surface area contributed by atoms with Gasteiger partial charge in [0.15, 0.2) is 5.78 Å². The first-order chi connectivity index (χ1) is 8.13. The monoisotopic (exact) mass is 230 g/mol. The first-order valence-electron chi connectivity index (χ1n) is 5.90. The summed E-state index contributed by atoms with van der Waals surface area (Å²) < 4.78 is 0. The van der Waals surface area contributed by atoms with Crippen LogP contribution in [0.2, 0.25) is 0 Å². The Morgan fingerprint density at radius 3 is 2.59 bits per heavy atom. The molecule has 4 heteroatoms. The molecule has 2 aliphatic rings. The van der Waals surface area contributed by atoms with E-state index in [1.54, 1.807) is 13.0 Å². The van der Waals surface area contributed by atoms with Gasteiger partial charge in [-0.3, -0.25) is 9.59 Å². The highest BCUT2D eigenvalue weighted by atomic mass is 16.1. The average Bonchev–Trinajstić information content (AvgIpc) is 3.04. The lowest BCUT2D eigenvalue weighted by Crippen LogP contribution is -2.24. The number of allylic oxidation sites excluding steroid dienone is 2. The Labute approximate surface area is 99.3 Å². The fraction of sp³-hybridized carbons (Fsp3) is 0.385. The van der Waals surface area contributed by atoms with Gasteiger partial charge in [0.2, 0.25) is 5.78 Å². The summed E-state index contributed by atoms with van der Waals surface area (Å²) in [7, 11) is 0. The molecule has 1 aromatic heterocycles. The second-order valence-electron chi connectivity index (χ2n) is 4.56. The first-order valence-corrected chi connectivity index (χ1v) is 5.90. The average molecular weight is 230 g/mol. The lowest BCUT2D eigenvalue weighted by atomic mass is 9.93. The predicted molar refractivity (Wildman–Crippen MR) is 63.1 cm³/mol. The van der Waals surface area contributed by atoms with Crippen molar-refractivity contribution in [2.75, 3.05) is 13.1 Å². The van der Waals surface area contributed by atoms with E-state index < -0.39 is 0 Å². The third kappa shape index (κ3) is 1.37. The van der Waals surface area contributed by atoms with E-state index in [9.17, 15) is 9.59 Å². The van der Waals surface area contributed by atoms with E-state index >= 15 is 0 Å². The van der Waals surface area contributed by atoms with Gasteiger partial charge < -0.3 is 9.88 Å². The molecule has 1 aromatic rings. The number of H-pyrrole nitrogens is 1. The van der Waals surface area contributed by atoms with Gasteiger partial charge in [0, 0.05) is 24.4 Å². The maximum Gasteiger partial charge on any atom is 0.226 e. The highest BCUT2D eigenvalue weighted by Gasteiger charge is 2.37. The SMILES string of the molecule is CCc1cc2c([nH]1)C(=O)C(N1CC1)=C(C)C2=O. The molecule has 4 nitrogen and oxygen atoms in total. The van der Waals surface area contributed by atoms with E-state index in [-0.39, 0.29) is 11.6 Å². The summed E-state index contributed by atoms with van der Waals surface area (Å²) in [4.78, 5) is 29.5. The Hall–Kier alpha value is -1.84. The van der Waals surface area contributed by atoms with Crippen molar-refractivity contribution < 1.29 is 9.59 Å². The van der Waals surface area contributed by atoms with Crippen LogP contribution in [0.1, 0.15) is 40.4 Å². The number of hydrogen-bond acceptors (Lipinski definition) is 3. The van der Waals surface area contributed by atoms with Crippen molar-refractivity contribution in [1.82, 2.24) is 9.88 Å². The quantitative estimate of drug-likeness (QED) is 0.784. The van der Waals surface area contributed by atoms with Crippen LogP contribution < -0.4 is 0 Å². The third-order valence-electron chi connectivity index (χ3n) is 3.40. The molecule has 1 saturated heterocycles. The minimum absolute atomic E-state index is 0.0162. The van der Waals surface area contributed by atoms with Gasteiger partial charge in [-0.25, -0.2) is 0 Å². The molecule has 0 aromatic carbocycles. The summed E-state index contributed by atoms with van der Waals surface area (Å²) in [6, 6.07) is 1.80. The van der Waals surface area contributed by atoms with E-state index in [1.165, 1.54) is 0 Å². The number of carbonyl (C=O) groups excluding carboxylic acids is 2. The summed E-state index contributed by atoms with van der Waals surface area (Å²) >= 11 is 0. The van der Waals surface area contributed by atoms with E-state index in [0.29, 0.717) is 22.5 Å². The zero-order valence-corrected chi connectivity index (χ0v) is 9.96. The van der Waals surface area contributed by atoms with Crippen molar-refractivity contribution >= 4 is 11.6 Å². The zero-order chi connectivity index (χ0) is 12.2. The van der Waals surface area contributed by atoms with Crippen molar-refractivity contribution in [2.45, 2.75) is 20.3 Å². The number of aromatic amines is 1. The van der Waals surface area contributed by atoms with Crippen LogP contribution in [-0.4, -0.2) is 34.5 Å². The van der Waals surface area contributed by atoms with Crippen LogP contribution in [0.4, 0.5) is 0 Å². The van der Waals surface area contributed by atoms with E-state index in [1.807, 2.05) is 11.8 Å². The fourth-order valence-electron chi connectivity index (χ4n) is 2.31. The molecule has 88 valence electrons. The topological polar surface area (TPSA) is 52.9 Å². The third-order valence-corrected chi connectivity index (χ3v) is 3.40. The Kier molecular flexibility index (Phi) is 2.02. The molecular weight excluding hydrogens is 216 g/mol. The summed E-state index contributed by atoms with van der Waals surface area (Å²) in [5.74, 6) is -0.0493. The molecular formula is C13H14N2O2. The van der Waals surface area contributed by atoms with Crippen molar-refractivity contribution in [3.63, 3.8) is 0 Å². The van der Waals surface area contributed by atoms with Gasteiger partial charge in [0.05, 0.1) is 17.0 Å². The lowest BCUT2D eigenvalue weighted by molar-refractivity contribution is 0.0958. The second-order valence-corrected chi connectivity index (χ2v) is 4.56. The van der Waals surface area contributed by atoms with Crippen LogP contribution in [0.5, 0.6) is 0 Å². The number of nitrogens with zero attached hydrogens (tertiary/aromatic N) is 1. The molecule has 3 rings (SSSR count). The molecule has 1 aliphatic heterocycles. The number of hydrogen-bond donors (Lipinski definition) is 1. The van der Waals surface area contributed by atoms with Crippen LogP contribution in [0, 0.1) is 0 Å². The molecule has 0 amide bonds. The van der Waals surface area contributed by atoms with Gasteiger partial charge in [0.25, 0.3) is 0 Å². The summed E-state index contributed by atoms with van der Waals surface area (Å²) in [6.45, 7) is 5.50. The van der Waals surface area contributed by atoms with E-state index in [2.05, 4.69) is 4.98 Å². The molecule has 1 N–H and O–H groups in total. The van der Waals surface area contributed by atoms with Crippen LogP contribution >= 0.6 is 0 Å². The fourth-order valence-corrected chi connectivity index (χ4v) is 2.31. The highest BCUT2D eigenvalue weighted by Crippen LogP contribution is 2.31. The molecule has 1 aliphatic carbocycles. The molecule has 17 heavy (non-hydrogen) atoms. The van der Waals surface area contributed by atoms with Gasteiger partial charge in [-0.2, -0.15) is 0 Å². The number of carbonyl (C=O) groups is 2. The number of Topliss-reactive ketones (excluding diaryl/α,β-unsaturated/α-hetero) is 2. The van der Waals surface area contributed by atoms with Crippen LogP contribution in [-0.2, 0) is 6.42 Å². The molecule has 0 saturated carbocycles. The minimum atomic E-state index is -0.0331. The van der Waals surface area contributed by atoms with Crippen LogP contribution in [0.15, 0.2) is 17.3 Å². The number of rotatable bonds is 2. The zero-order valence-electron chi connectivity index (χ0n) is 9.96. The van der Waals surface area contributed by atoms with Crippen LogP contribution in [0.3, 0.4) is 0 Å². The maximum absolute atomic E-state index is 12.3. The van der Waals surface area contributed by atoms with Gasteiger partial charge in [-0.15, -0.1) is 0 Å². The molecule has 0 spiro atoms. The molecule has 2 heterocycles. The molecule has 0 bridgehead atoms. The number of aromatic nitrogens is 1. The van der Waals surface area contributed by atoms with Crippen LogP contribution in [0.25, 0.3) is 0 Å². The Morgan fingerprint density at radius 1 is 1.29 bits per heavy atom. The first kappa shape index (κ1) is 10.3. The van der Waals surface area contributed by atoms with Gasteiger partial charge >= 0.3 is 0 Å². The number of aryl methyl sites for hydroxylation is 1. The Balaban J connectivity index is 2.15. The molecule has 1 fully saturated rings. The number of fused-ring (bicyclic) bond motifs is 1. The summed E-state index contributed by atoms with van der Waals surface area (Å²) in [5, 5.41) is 0. The van der Waals surface area contributed by atoms with Gasteiger partial charge in [-0.05, 0) is 19.4 Å². The van der Waals surface area contributed by atoms with Crippen molar-refractivity contribution in [3.8, 4) is 0 Å². The number of ketones is 2. The Morgan fingerprint density at radius 2 is 2.00 bits per heavy atom. The Bertz CT molecular complexity index is 562. The normalized spacial score (nSPS) is 18.8. The van der Waals surface area contributed by atoms with Gasteiger partial charge in [-0.1, -0.05) is 6.92 Å². The lowest BCUT2D eigenvalue weighted by Gasteiger charge is -2.16. The largest absolute Gasteiger partial charge is 0.364 e. The standard InChI is InChI=1S/C13H14N2O2/c1-3-8-6-9-10(14-8)13(17)11(15-4-5-15)7(2)12(9)16/h6,14H,3-5H2,1-2H3. The maximum atomic E-state index is 12.3. The molecule has 0 unspecified atom stereocenters. The summed E-state index contributed by atoms with van der Waals surface area (Å²) in [5.41, 5.74) is 3.12. The smallest absolute Gasteiger partial charge is 0.226 e. The molecule has 0 atom stereocenters. The molecule has 0 radical (unpaired) electrons. The van der Waals surface area contributed by atoms with Crippen molar-refractivity contribution in [1.29, 1.82) is 0 Å². The van der Waals surface area contributed by atoms with Crippen molar-refractivity contribution in [2.24, 2.45) is 0 Å². The summed E-state index contributed by atoms with van der Waals surface area (Å²) in [6.07, 6.45) is 0.797. The van der Waals surface area contributed by atoms with Gasteiger partial charge in [0.1, 0.15) is 0 Å². The van der Waals surface area contributed by atoms with E-state index in [4.69, 9.17) is 0 Å². The predicted octanol–water partition coefficient (Wildman–Crippen LogP) is 1.55. The number of nitrogens with one attached hydrogen (secondary N) is 1. The van der Waals surface area contributed by atoms with Crippen molar-refractivity contribution in [3.05, 3.63) is 34.3 Å². The second kappa shape index (κ2) is 3.32. The minimum Gasteiger partial charge on any atom is -0.364 e. The highest BCUT2D eigenvalue weighted by molar-refractivity contribution is 6.26. The van der Waals surface area contributed by atoms with E-state index in [0.717, 1.165) is 25.2 Å².